The highest BCUT2D eigenvalue weighted by Crippen LogP contribution is 2.28. The molecule has 0 unspecified atom stereocenters. The molecule has 6 heteroatoms. The van der Waals surface area contributed by atoms with Crippen molar-refractivity contribution in [1.29, 1.82) is 0 Å². The second-order valence-electron chi connectivity index (χ2n) is 5.41. The lowest BCUT2D eigenvalue weighted by Gasteiger charge is -2.13. The first-order valence-electron chi connectivity index (χ1n) is 8.43. The first kappa shape index (κ1) is 19.8. The number of hydrogen-bond acceptors (Lipinski definition) is 4. The molecule has 0 fully saturated rings. The summed E-state index contributed by atoms with van der Waals surface area (Å²) in [5.74, 6) is 0.231. The Kier molecular flexibility index (Phi) is 9.34. The molecule has 0 saturated heterocycles. The van der Waals surface area contributed by atoms with Crippen LogP contribution >= 0.6 is 0 Å². The van der Waals surface area contributed by atoms with E-state index in [1.54, 1.807) is 0 Å². The fourth-order valence-electron chi connectivity index (χ4n) is 2.08. The average molecular weight is 337 g/mol. The Morgan fingerprint density at radius 1 is 1.12 bits per heavy atom. The second kappa shape index (κ2) is 11.3. The standard InChI is InChI=1S/C18H27NO5/c1-3-5-12-24-15-7-6-14(13-16(15)23-4-2)10-11-19-17(20)8-9-18(21)22/h6-7,13H,3-5,8-12H2,1-2H3,(H,19,20)(H,21,22). The quantitative estimate of drug-likeness (QED) is 0.573. The molecule has 0 atom stereocenters. The zero-order valence-corrected chi connectivity index (χ0v) is 14.5. The smallest absolute Gasteiger partial charge is 0.303 e. The lowest BCUT2D eigenvalue weighted by Crippen LogP contribution is -2.26. The molecule has 1 aromatic carbocycles. The highest BCUT2D eigenvalue weighted by Gasteiger charge is 2.08. The molecule has 6 nitrogen and oxygen atoms in total. The van der Waals surface area contributed by atoms with Gasteiger partial charge < -0.3 is 19.9 Å². The Bertz CT molecular complexity index is 530. The van der Waals surface area contributed by atoms with Gasteiger partial charge in [-0.25, -0.2) is 0 Å². The highest BCUT2D eigenvalue weighted by atomic mass is 16.5. The summed E-state index contributed by atoms with van der Waals surface area (Å²) < 4.78 is 11.4. The summed E-state index contributed by atoms with van der Waals surface area (Å²) in [7, 11) is 0. The van der Waals surface area contributed by atoms with Crippen LogP contribution in [0.2, 0.25) is 0 Å². The van der Waals surface area contributed by atoms with Gasteiger partial charge in [-0.3, -0.25) is 9.59 Å². The third kappa shape index (κ3) is 7.85. The van der Waals surface area contributed by atoms with Crippen LogP contribution in [0, 0.1) is 0 Å². The van der Waals surface area contributed by atoms with Gasteiger partial charge in [-0.15, -0.1) is 0 Å². The van der Waals surface area contributed by atoms with E-state index < -0.39 is 5.97 Å². The molecule has 0 spiro atoms. The molecule has 2 N–H and O–H groups in total. The fourth-order valence-corrected chi connectivity index (χ4v) is 2.08. The van der Waals surface area contributed by atoms with E-state index in [4.69, 9.17) is 14.6 Å². The van der Waals surface area contributed by atoms with Gasteiger partial charge in [0.05, 0.1) is 19.6 Å². The van der Waals surface area contributed by atoms with Crippen LogP contribution in [0.4, 0.5) is 0 Å². The number of carboxylic acids is 1. The number of carbonyl (C=O) groups excluding carboxylic acids is 1. The first-order chi connectivity index (χ1) is 11.6. The molecule has 0 aliphatic heterocycles. The maximum Gasteiger partial charge on any atom is 0.303 e. The van der Waals surface area contributed by atoms with Gasteiger partial charge in [-0.05, 0) is 37.5 Å². The van der Waals surface area contributed by atoms with Gasteiger partial charge in [-0.1, -0.05) is 19.4 Å². The van der Waals surface area contributed by atoms with Crippen LogP contribution < -0.4 is 14.8 Å². The predicted molar refractivity (Wildman–Crippen MR) is 91.6 cm³/mol. The summed E-state index contributed by atoms with van der Waals surface area (Å²) in [5.41, 5.74) is 1.03. The molecule has 1 aromatic rings. The third-order valence-electron chi connectivity index (χ3n) is 3.37. The van der Waals surface area contributed by atoms with Crippen molar-refractivity contribution in [2.45, 2.75) is 46.0 Å². The fraction of sp³-hybridized carbons (Fsp3) is 0.556. The van der Waals surface area contributed by atoms with Crippen molar-refractivity contribution >= 4 is 11.9 Å². The maximum atomic E-state index is 11.5. The SMILES string of the molecule is CCCCOc1ccc(CCNC(=O)CCC(=O)O)cc1OCC. The number of rotatable bonds is 12. The van der Waals surface area contributed by atoms with Crippen molar-refractivity contribution in [3.05, 3.63) is 23.8 Å². The number of carboxylic acid groups (broad SMARTS) is 1. The van der Waals surface area contributed by atoms with Gasteiger partial charge in [0.15, 0.2) is 11.5 Å². The number of amides is 1. The molecule has 0 aliphatic carbocycles. The molecule has 0 aliphatic rings. The highest BCUT2D eigenvalue weighted by molar-refractivity contribution is 5.80. The number of hydrogen-bond donors (Lipinski definition) is 2. The van der Waals surface area contributed by atoms with Crippen molar-refractivity contribution in [3.63, 3.8) is 0 Å². The summed E-state index contributed by atoms with van der Waals surface area (Å²) in [6.45, 7) is 5.71. The molecule has 0 bridgehead atoms. The first-order valence-corrected chi connectivity index (χ1v) is 8.43. The van der Waals surface area contributed by atoms with E-state index in [-0.39, 0.29) is 18.7 Å². The Hall–Kier alpha value is -2.24. The number of benzene rings is 1. The minimum absolute atomic E-state index is 0.00371. The van der Waals surface area contributed by atoms with Crippen LogP contribution in [0.5, 0.6) is 11.5 Å². The van der Waals surface area contributed by atoms with Crippen LogP contribution in [0.25, 0.3) is 0 Å². The maximum absolute atomic E-state index is 11.5. The van der Waals surface area contributed by atoms with E-state index in [2.05, 4.69) is 12.2 Å². The molecular weight excluding hydrogens is 310 g/mol. The topological polar surface area (TPSA) is 84.9 Å². The molecule has 1 amide bonds. The number of nitrogens with one attached hydrogen (secondary N) is 1. The van der Waals surface area contributed by atoms with Crippen molar-refractivity contribution in [2.75, 3.05) is 19.8 Å². The van der Waals surface area contributed by atoms with E-state index >= 15 is 0 Å². The summed E-state index contributed by atoms with van der Waals surface area (Å²) in [5, 5.41) is 11.3. The van der Waals surface area contributed by atoms with Crippen LogP contribution in [0.1, 0.15) is 45.1 Å². The molecule has 134 valence electrons. The molecule has 0 heterocycles. The molecule has 1 rings (SSSR count). The van der Waals surface area contributed by atoms with Gasteiger partial charge in [0, 0.05) is 13.0 Å². The summed E-state index contributed by atoms with van der Waals surface area (Å²) in [6.07, 6.45) is 2.57. The van der Waals surface area contributed by atoms with E-state index in [9.17, 15) is 9.59 Å². The molecule has 0 aromatic heterocycles. The van der Waals surface area contributed by atoms with Crippen LogP contribution in [-0.2, 0) is 16.0 Å². The Morgan fingerprint density at radius 2 is 1.92 bits per heavy atom. The van der Waals surface area contributed by atoms with Gasteiger partial charge in [0.2, 0.25) is 5.91 Å². The summed E-state index contributed by atoms with van der Waals surface area (Å²) >= 11 is 0. The zero-order chi connectivity index (χ0) is 17.8. The van der Waals surface area contributed by atoms with Crippen molar-refractivity contribution in [3.8, 4) is 11.5 Å². The molecular formula is C18H27NO5. The van der Waals surface area contributed by atoms with E-state index in [1.165, 1.54) is 0 Å². The van der Waals surface area contributed by atoms with Crippen LogP contribution in [0.3, 0.4) is 0 Å². The summed E-state index contributed by atoms with van der Waals surface area (Å²) in [4.78, 5) is 21.9. The van der Waals surface area contributed by atoms with Crippen molar-refractivity contribution in [1.82, 2.24) is 5.32 Å². The Morgan fingerprint density at radius 3 is 2.58 bits per heavy atom. The van der Waals surface area contributed by atoms with Gasteiger partial charge >= 0.3 is 5.97 Å². The number of carbonyl (C=O) groups is 2. The van der Waals surface area contributed by atoms with Crippen LogP contribution in [0.15, 0.2) is 18.2 Å². The normalized spacial score (nSPS) is 10.2. The number of ether oxygens (including phenoxy) is 2. The molecule has 0 saturated carbocycles. The lowest BCUT2D eigenvalue weighted by atomic mass is 10.1. The van der Waals surface area contributed by atoms with Crippen LogP contribution in [-0.4, -0.2) is 36.7 Å². The average Bonchev–Trinajstić information content (AvgIpc) is 2.55. The van der Waals surface area contributed by atoms with Gasteiger partial charge in [-0.2, -0.15) is 0 Å². The largest absolute Gasteiger partial charge is 0.490 e. The minimum Gasteiger partial charge on any atom is -0.490 e. The van der Waals surface area contributed by atoms with Gasteiger partial charge in [0.25, 0.3) is 0 Å². The lowest BCUT2D eigenvalue weighted by molar-refractivity contribution is -0.138. The third-order valence-corrected chi connectivity index (χ3v) is 3.37. The predicted octanol–water partition coefficient (Wildman–Crippen LogP) is 2.79. The zero-order valence-electron chi connectivity index (χ0n) is 14.5. The Balaban J connectivity index is 2.51. The van der Waals surface area contributed by atoms with Crippen molar-refractivity contribution < 1.29 is 24.2 Å². The number of unbranched alkanes of at least 4 members (excludes halogenated alkanes) is 1. The second-order valence-corrected chi connectivity index (χ2v) is 5.41. The number of aliphatic carboxylic acids is 1. The Labute approximate surface area is 143 Å². The van der Waals surface area contributed by atoms with E-state index in [1.807, 2.05) is 25.1 Å². The summed E-state index contributed by atoms with van der Waals surface area (Å²) in [6, 6.07) is 5.77. The van der Waals surface area contributed by atoms with E-state index in [0.717, 1.165) is 24.2 Å². The minimum atomic E-state index is -0.967. The molecule has 24 heavy (non-hydrogen) atoms. The molecule has 0 radical (unpaired) electrons. The van der Waals surface area contributed by atoms with E-state index in [0.29, 0.717) is 31.9 Å². The van der Waals surface area contributed by atoms with Gasteiger partial charge in [0.1, 0.15) is 0 Å². The van der Waals surface area contributed by atoms with Crippen molar-refractivity contribution in [2.24, 2.45) is 0 Å². The monoisotopic (exact) mass is 337 g/mol.